The topological polar surface area (TPSA) is 63.8 Å². The molecule has 0 unspecified atom stereocenters. The van der Waals surface area contributed by atoms with Gasteiger partial charge < -0.3 is 11.1 Å². The minimum Gasteiger partial charge on any atom is -0.383 e. The standard InChI is InChI=1S/C13H14BrFN4/c1-7(2)11-12(16)17-6-18-13(11)19-10-5-8(15)3-4-9(10)14/h3-7H,1-2H3,(H3,16,17,18,19). The summed E-state index contributed by atoms with van der Waals surface area (Å²) in [5, 5.41) is 3.09. The number of nitrogen functional groups attached to an aromatic ring is 1. The number of nitrogens with zero attached hydrogens (tertiary/aromatic N) is 2. The van der Waals surface area contributed by atoms with Crippen LogP contribution in [0.25, 0.3) is 0 Å². The van der Waals surface area contributed by atoms with Gasteiger partial charge in [-0.1, -0.05) is 13.8 Å². The van der Waals surface area contributed by atoms with Gasteiger partial charge in [0.25, 0.3) is 0 Å². The van der Waals surface area contributed by atoms with Crippen LogP contribution in [-0.4, -0.2) is 9.97 Å². The van der Waals surface area contributed by atoms with Gasteiger partial charge in [-0.2, -0.15) is 0 Å². The molecule has 6 heteroatoms. The first-order valence-electron chi connectivity index (χ1n) is 5.81. The van der Waals surface area contributed by atoms with E-state index in [1.807, 2.05) is 13.8 Å². The fraction of sp³-hybridized carbons (Fsp3) is 0.231. The number of hydrogen-bond donors (Lipinski definition) is 2. The molecule has 1 heterocycles. The Labute approximate surface area is 119 Å². The van der Waals surface area contributed by atoms with Gasteiger partial charge in [0.15, 0.2) is 0 Å². The van der Waals surface area contributed by atoms with Crippen LogP contribution < -0.4 is 11.1 Å². The van der Waals surface area contributed by atoms with Gasteiger partial charge in [-0.3, -0.25) is 0 Å². The molecule has 3 N–H and O–H groups in total. The van der Waals surface area contributed by atoms with Gasteiger partial charge in [0.05, 0.1) is 5.69 Å². The molecule has 0 atom stereocenters. The Hall–Kier alpha value is -1.69. The van der Waals surface area contributed by atoms with Crippen LogP contribution in [0.4, 0.5) is 21.7 Å². The molecule has 0 fully saturated rings. The Morgan fingerprint density at radius 3 is 2.74 bits per heavy atom. The lowest BCUT2D eigenvalue weighted by atomic mass is 10.0. The molecule has 19 heavy (non-hydrogen) atoms. The third-order valence-corrected chi connectivity index (χ3v) is 3.37. The second kappa shape index (κ2) is 5.52. The summed E-state index contributed by atoms with van der Waals surface area (Å²) in [6.45, 7) is 4.00. The van der Waals surface area contributed by atoms with E-state index in [0.29, 0.717) is 17.3 Å². The highest BCUT2D eigenvalue weighted by Crippen LogP contribution is 2.31. The zero-order valence-corrected chi connectivity index (χ0v) is 12.2. The molecule has 1 aromatic carbocycles. The Kier molecular flexibility index (Phi) is 3.99. The maximum absolute atomic E-state index is 13.3. The molecule has 2 aromatic rings. The molecule has 0 saturated carbocycles. The summed E-state index contributed by atoms with van der Waals surface area (Å²) in [6.07, 6.45) is 1.39. The number of hydrogen-bond acceptors (Lipinski definition) is 4. The molecule has 0 aliphatic carbocycles. The summed E-state index contributed by atoms with van der Waals surface area (Å²) in [5.41, 5.74) is 7.28. The van der Waals surface area contributed by atoms with Crippen LogP contribution in [0.2, 0.25) is 0 Å². The number of benzene rings is 1. The highest BCUT2D eigenvalue weighted by atomic mass is 79.9. The van der Waals surface area contributed by atoms with Crippen LogP contribution in [0.1, 0.15) is 25.3 Å². The van der Waals surface area contributed by atoms with Crippen molar-refractivity contribution >= 4 is 33.3 Å². The Morgan fingerprint density at radius 1 is 1.32 bits per heavy atom. The number of aromatic nitrogens is 2. The van der Waals surface area contributed by atoms with E-state index in [9.17, 15) is 4.39 Å². The van der Waals surface area contributed by atoms with Gasteiger partial charge in [0, 0.05) is 10.0 Å². The van der Waals surface area contributed by atoms with E-state index in [1.54, 1.807) is 6.07 Å². The number of nitrogens with one attached hydrogen (secondary N) is 1. The van der Waals surface area contributed by atoms with Crippen molar-refractivity contribution in [3.63, 3.8) is 0 Å². The lowest BCUT2D eigenvalue weighted by Gasteiger charge is -2.15. The summed E-state index contributed by atoms with van der Waals surface area (Å²) in [5.74, 6) is 0.865. The summed E-state index contributed by atoms with van der Waals surface area (Å²) in [7, 11) is 0. The fourth-order valence-electron chi connectivity index (χ4n) is 1.80. The van der Waals surface area contributed by atoms with Crippen molar-refractivity contribution in [3.05, 3.63) is 40.4 Å². The Morgan fingerprint density at radius 2 is 2.05 bits per heavy atom. The van der Waals surface area contributed by atoms with E-state index >= 15 is 0 Å². The zero-order valence-electron chi connectivity index (χ0n) is 10.6. The molecule has 100 valence electrons. The van der Waals surface area contributed by atoms with Crippen LogP contribution >= 0.6 is 15.9 Å². The van der Waals surface area contributed by atoms with Gasteiger partial charge >= 0.3 is 0 Å². The van der Waals surface area contributed by atoms with Crippen molar-refractivity contribution in [2.45, 2.75) is 19.8 Å². The van der Waals surface area contributed by atoms with Gasteiger partial charge in [-0.15, -0.1) is 0 Å². The first-order chi connectivity index (χ1) is 8.99. The fourth-order valence-corrected chi connectivity index (χ4v) is 2.14. The Balaban J connectivity index is 2.44. The molecule has 0 saturated heterocycles. The van der Waals surface area contributed by atoms with Crippen LogP contribution in [0, 0.1) is 5.82 Å². The van der Waals surface area contributed by atoms with Gasteiger partial charge in [-0.25, -0.2) is 14.4 Å². The van der Waals surface area contributed by atoms with Crippen LogP contribution in [-0.2, 0) is 0 Å². The highest BCUT2D eigenvalue weighted by Gasteiger charge is 2.14. The average molecular weight is 325 g/mol. The van der Waals surface area contributed by atoms with Crippen molar-refractivity contribution in [1.29, 1.82) is 0 Å². The van der Waals surface area contributed by atoms with Gasteiger partial charge in [-0.05, 0) is 40.0 Å². The van der Waals surface area contributed by atoms with Gasteiger partial charge in [0.2, 0.25) is 0 Å². The van der Waals surface area contributed by atoms with Crippen LogP contribution in [0.5, 0.6) is 0 Å². The summed E-state index contributed by atoms with van der Waals surface area (Å²) < 4.78 is 14.0. The minimum atomic E-state index is -0.321. The minimum absolute atomic E-state index is 0.163. The maximum atomic E-state index is 13.3. The molecule has 2 rings (SSSR count). The number of rotatable bonds is 3. The molecular formula is C13H14BrFN4. The summed E-state index contributed by atoms with van der Waals surface area (Å²) >= 11 is 3.36. The maximum Gasteiger partial charge on any atom is 0.139 e. The van der Waals surface area contributed by atoms with Crippen LogP contribution in [0.15, 0.2) is 29.0 Å². The molecule has 0 radical (unpaired) electrons. The molecule has 1 aromatic heterocycles. The van der Waals surface area contributed by atoms with Crippen molar-refractivity contribution in [1.82, 2.24) is 9.97 Å². The van der Waals surface area contributed by atoms with Crippen LogP contribution in [0.3, 0.4) is 0 Å². The molecule has 0 aliphatic rings. The quantitative estimate of drug-likeness (QED) is 0.900. The Bertz CT molecular complexity index is 601. The summed E-state index contributed by atoms with van der Waals surface area (Å²) in [6, 6.07) is 4.41. The lowest BCUT2D eigenvalue weighted by Crippen LogP contribution is -2.07. The number of nitrogens with two attached hydrogens (primary N) is 1. The molecule has 4 nitrogen and oxygen atoms in total. The van der Waals surface area contributed by atoms with E-state index in [1.165, 1.54) is 18.5 Å². The predicted molar refractivity (Wildman–Crippen MR) is 77.9 cm³/mol. The predicted octanol–water partition coefficient (Wildman–Crippen LogP) is 3.83. The van der Waals surface area contributed by atoms with Gasteiger partial charge in [0.1, 0.15) is 23.8 Å². The van der Waals surface area contributed by atoms with E-state index in [4.69, 9.17) is 5.73 Å². The van der Waals surface area contributed by atoms with E-state index in [0.717, 1.165) is 10.0 Å². The molecule has 0 bridgehead atoms. The smallest absolute Gasteiger partial charge is 0.139 e. The third-order valence-electron chi connectivity index (χ3n) is 2.67. The summed E-state index contributed by atoms with van der Waals surface area (Å²) in [4.78, 5) is 8.16. The van der Waals surface area contributed by atoms with Crippen molar-refractivity contribution in [2.75, 3.05) is 11.1 Å². The first kappa shape index (κ1) is 13.7. The molecule has 0 spiro atoms. The highest BCUT2D eigenvalue weighted by molar-refractivity contribution is 9.10. The van der Waals surface area contributed by atoms with E-state index < -0.39 is 0 Å². The second-order valence-corrected chi connectivity index (χ2v) is 5.28. The van der Waals surface area contributed by atoms with Crippen molar-refractivity contribution in [3.8, 4) is 0 Å². The second-order valence-electron chi connectivity index (χ2n) is 4.43. The third kappa shape index (κ3) is 3.01. The normalized spacial score (nSPS) is 10.8. The lowest BCUT2D eigenvalue weighted by molar-refractivity contribution is 0.628. The molecule has 0 amide bonds. The first-order valence-corrected chi connectivity index (χ1v) is 6.60. The van der Waals surface area contributed by atoms with E-state index in [2.05, 4.69) is 31.2 Å². The molecular weight excluding hydrogens is 311 g/mol. The van der Waals surface area contributed by atoms with E-state index in [-0.39, 0.29) is 11.7 Å². The van der Waals surface area contributed by atoms with Crippen molar-refractivity contribution in [2.24, 2.45) is 0 Å². The monoisotopic (exact) mass is 324 g/mol. The SMILES string of the molecule is CC(C)c1c(N)ncnc1Nc1cc(F)ccc1Br. The number of anilines is 3. The van der Waals surface area contributed by atoms with Crippen molar-refractivity contribution < 1.29 is 4.39 Å². The average Bonchev–Trinajstić information content (AvgIpc) is 2.33. The number of halogens is 2. The zero-order chi connectivity index (χ0) is 14.0. The largest absolute Gasteiger partial charge is 0.383 e. The molecule has 0 aliphatic heterocycles.